The number of anilines is 1. The molecule has 0 atom stereocenters. The number of aldehydes is 1. The van der Waals surface area contributed by atoms with Gasteiger partial charge in [-0.2, -0.15) is 23.7 Å². The largest absolute Gasteiger partial charge is 0.347 e. The van der Waals surface area contributed by atoms with Gasteiger partial charge in [0.15, 0.2) is 0 Å². The second-order valence-electron chi connectivity index (χ2n) is 1.74. The number of nitrogens with one attached hydrogen (secondary N) is 1. The molecule has 12 heavy (non-hydrogen) atoms. The van der Waals surface area contributed by atoms with Gasteiger partial charge in [0.25, 0.3) is 0 Å². The lowest BCUT2D eigenvalue weighted by Gasteiger charge is -1.97. The Labute approximate surface area is 65.9 Å². The van der Waals surface area contributed by atoms with E-state index in [9.17, 15) is 13.6 Å². The topological polar surface area (TPSA) is 67.8 Å². The average molecular weight is 174 g/mol. The molecule has 0 saturated carbocycles. The Morgan fingerprint density at radius 3 is 2.33 bits per heavy atom. The Morgan fingerprint density at radius 2 is 1.83 bits per heavy atom. The van der Waals surface area contributed by atoms with Crippen molar-refractivity contribution in [1.29, 1.82) is 0 Å². The molecule has 1 rings (SSSR count). The third-order valence-corrected chi connectivity index (χ3v) is 0.924. The summed E-state index contributed by atoms with van der Waals surface area (Å²) in [5.41, 5.74) is 0. The molecule has 0 saturated heterocycles. The van der Waals surface area contributed by atoms with Crippen LogP contribution in [0.1, 0.15) is 0 Å². The van der Waals surface area contributed by atoms with Gasteiger partial charge in [-0.25, -0.2) is 0 Å². The highest BCUT2D eigenvalue weighted by molar-refractivity contribution is 5.56. The lowest BCUT2D eigenvalue weighted by atomic mass is 10.7. The summed E-state index contributed by atoms with van der Waals surface area (Å²) in [4.78, 5) is 18.6. The molecule has 1 aromatic heterocycles. The molecule has 0 radical (unpaired) electrons. The van der Waals surface area contributed by atoms with E-state index in [4.69, 9.17) is 0 Å². The Morgan fingerprint density at radius 1 is 1.25 bits per heavy atom. The maximum atomic E-state index is 12.2. The molecule has 0 amide bonds. The van der Waals surface area contributed by atoms with Crippen LogP contribution in [0, 0.1) is 12.2 Å². The Bertz CT molecular complexity index is 273. The summed E-state index contributed by atoms with van der Waals surface area (Å²) in [6, 6.07) is 0. The molecule has 0 aliphatic carbocycles. The van der Waals surface area contributed by atoms with E-state index in [0.29, 0.717) is 6.29 Å². The van der Waals surface area contributed by atoms with Crippen LogP contribution in [0.25, 0.3) is 0 Å². The van der Waals surface area contributed by atoms with Crippen LogP contribution in [-0.4, -0.2) is 27.8 Å². The molecule has 0 aromatic carbocycles. The zero-order valence-electron chi connectivity index (χ0n) is 5.79. The molecule has 0 bridgehead atoms. The van der Waals surface area contributed by atoms with Gasteiger partial charge in [0.1, 0.15) is 6.29 Å². The third kappa shape index (κ3) is 2.19. The molecule has 0 aliphatic heterocycles. The predicted octanol–water partition coefficient (Wildman–Crippen LogP) is -0.239. The zero-order chi connectivity index (χ0) is 8.97. The number of aromatic nitrogens is 3. The van der Waals surface area contributed by atoms with Gasteiger partial charge in [0, 0.05) is 0 Å². The van der Waals surface area contributed by atoms with Crippen LogP contribution >= 0.6 is 0 Å². The van der Waals surface area contributed by atoms with Crippen LogP contribution in [0.5, 0.6) is 0 Å². The van der Waals surface area contributed by atoms with E-state index in [1.54, 1.807) is 0 Å². The van der Waals surface area contributed by atoms with Crippen molar-refractivity contribution >= 4 is 12.2 Å². The average Bonchev–Trinajstić information content (AvgIpc) is 1.99. The van der Waals surface area contributed by atoms with E-state index < -0.39 is 12.2 Å². The molecule has 1 aromatic rings. The van der Waals surface area contributed by atoms with Gasteiger partial charge in [-0.3, -0.25) is 0 Å². The molecule has 64 valence electrons. The fraction of sp³-hybridized carbons (Fsp3) is 0.200. The number of hydrogen-bond donors (Lipinski definition) is 1. The van der Waals surface area contributed by atoms with Crippen LogP contribution in [0.15, 0.2) is 0 Å². The minimum atomic E-state index is -1.23. The molecular weight excluding hydrogens is 170 g/mol. The number of nitrogens with zero attached hydrogens (tertiary/aromatic N) is 3. The van der Waals surface area contributed by atoms with Crippen LogP contribution in [0.3, 0.4) is 0 Å². The molecular formula is C5H4F2N4O. The first kappa shape index (κ1) is 8.44. The fourth-order valence-corrected chi connectivity index (χ4v) is 0.538. The molecule has 0 fully saturated rings. The van der Waals surface area contributed by atoms with Gasteiger partial charge in [-0.05, 0) is 0 Å². The van der Waals surface area contributed by atoms with Gasteiger partial charge >= 0.3 is 12.2 Å². The van der Waals surface area contributed by atoms with Crippen molar-refractivity contribution in [3.05, 3.63) is 12.2 Å². The van der Waals surface area contributed by atoms with Gasteiger partial charge in [-0.1, -0.05) is 0 Å². The van der Waals surface area contributed by atoms with Gasteiger partial charge < -0.3 is 10.1 Å². The first-order chi connectivity index (χ1) is 5.72. The van der Waals surface area contributed by atoms with Crippen LogP contribution in [0.2, 0.25) is 0 Å². The van der Waals surface area contributed by atoms with Crippen LogP contribution in [0.4, 0.5) is 14.7 Å². The van der Waals surface area contributed by atoms with E-state index in [1.165, 1.54) is 0 Å². The molecule has 1 heterocycles. The Hall–Kier alpha value is -1.66. The van der Waals surface area contributed by atoms with E-state index in [1.807, 2.05) is 0 Å². The first-order valence-corrected chi connectivity index (χ1v) is 2.97. The lowest BCUT2D eigenvalue weighted by Crippen LogP contribution is -2.09. The van der Waals surface area contributed by atoms with Crippen molar-refractivity contribution in [1.82, 2.24) is 15.0 Å². The standard InChI is InChI=1S/C5H4F2N4O/c6-3-9-4(7)11-5(10-3)8-1-2-12/h2H,1H2,(H,8,9,10,11). The maximum Gasteiger partial charge on any atom is 0.315 e. The highest BCUT2D eigenvalue weighted by Gasteiger charge is 2.03. The second kappa shape index (κ2) is 3.65. The van der Waals surface area contributed by atoms with Crippen LogP contribution < -0.4 is 5.32 Å². The summed E-state index contributed by atoms with van der Waals surface area (Å²) in [6.07, 6.45) is -1.94. The number of halogens is 2. The number of carbonyl (C=O) groups is 1. The predicted molar refractivity (Wildman–Crippen MR) is 34.3 cm³/mol. The maximum absolute atomic E-state index is 12.2. The van der Waals surface area contributed by atoms with Crippen molar-refractivity contribution in [3.8, 4) is 0 Å². The molecule has 0 unspecified atom stereocenters. The van der Waals surface area contributed by atoms with Crippen molar-refractivity contribution in [3.63, 3.8) is 0 Å². The second-order valence-corrected chi connectivity index (χ2v) is 1.74. The van der Waals surface area contributed by atoms with Crippen molar-refractivity contribution in [2.45, 2.75) is 0 Å². The number of rotatable bonds is 3. The third-order valence-electron chi connectivity index (χ3n) is 0.924. The van der Waals surface area contributed by atoms with Crippen molar-refractivity contribution in [2.75, 3.05) is 11.9 Å². The van der Waals surface area contributed by atoms with E-state index in [-0.39, 0.29) is 12.5 Å². The summed E-state index contributed by atoms with van der Waals surface area (Å²) >= 11 is 0. The summed E-state index contributed by atoms with van der Waals surface area (Å²) in [6.45, 7) is -0.108. The summed E-state index contributed by atoms with van der Waals surface area (Å²) < 4.78 is 24.4. The van der Waals surface area contributed by atoms with E-state index in [0.717, 1.165) is 0 Å². The van der Waals surface area contributed by atoms with E-state index >= 15 is 0 Å². The molecule has 5 nitrogen and oxygen atoms in total. The monoisotopic (exact) mass is 174 g/mol. The molecule has 0 spiro atoms. The highest BCUT2D eigenvalue weighted by Crippen LogP contribution is 1.97. The molecule has 1 N–H and O–H groups in total. The fourth-order valence-electron chi connectivity index (χ4n) is 0.538. The quantitative estimate of drug-likeness (QED) is 0.640. The molecule has 0 aliphatic rings. The highest BCUT2D eigenvalue weighted by atomic mass is 19.1. The first-order valence-electron chi connectivity index (χ1n) is 2.97. The molecule has 7 heteroatoms. The Kier molecular flexibility index (Phi) is 2.57. The van der Waals surface area contributed by atoms with Gasteiger partial charge in [0.05, 0.1) is 6.54 Å². The minimum Gasteiger partial charge on any atom is -0.347 e. The number of carbonyl (C=O) groups excluding carboxylic acids is 1. The van der Waals surface area contributed by atoms with Crippen molar-refractivity contribution < 1.29 is 13.6 Å². The van der Waals surface area contributed by atoms with Crippen molar-refractivity contribution in [2.24, 2.45) is 0 Å². The lowest BCUT2D eigenvalue weighted by molar-refractivity contribution is -0.106. The summed E-state index contributed by atoms with van der Waals surface area (Å²) in [5, 5.41) is 2.27. The van der Waals surface area contributed by atoms with E-state index in [2.05, 4.69) is 20.3 Å². The summed E-state index contributed by atoms with van der Waals surface area (Å²) in [7, 11) is 0. The smallest absolute Gasteiger partial charge is 0.315 e. The van der Waals surface area contributed by atoms with Gasteiger partial charge in [-0.15, -0.1) is 0 Å². The normalized spacial score (nSPS) is 9.50. The van der Waals surface area contributed by atoms with Gasteiger partial charge in [0.2, 0.25) is 5.95 Å². The summed E-state index contributed by atoms with van der Waals surface area (Å²) in [5.74, 6) is -0.299. The zero-order valence-corrected chi connectivity index (χ0v) is 5.79. The number of hydrogen-bond acceptors (Lipinski definition) is 5. The SMILES string of the molecule is O=CCNc1nc(F)nc(F)n1. The Balaban J connectivity index is 2.78. The van der Waals surface area contributed by atoms with Crippen LogP contribution in [-0.2, 0) is 4.79 Å². The minimum absolute atomic E-state index is 0.108.